The molecule has 1 unspecified atom stereocenters. The maximum Gasteiger partial charge on any atom is 0.301 e. The maximum absolute atomic E-state index is 13.9. The van der Waals surface area contributed by atoms with Crippen LogP contribution in [0.4, 0.5) is 4.39 Å². The molecule has 0 aromatic heterocycles. The van der Waals surface area contributed by atoms with Crippen molar-refractivity contribution >= 4 is 5.78 Å². The van der Waals surface area contributed by atoms with Gasteiger partial charge in [-0.2, -0.15) is 4.39 Å². The number of hydrogen-bond donors (Lipinski definition) is 0. The van der Waals surface area contributed by atoms with Crippen LogP contribution >= 0.6 is 0 Å². The third-order valence-corrected chi connectivity index (χ3v) is 2.56. The fourth-order valence-corrected chi connectivity index (χ4v) is 1.61. The molecule has 0 N–H and O–H groups in total. The van der Waals surface area contributed by atoms with Gasteiger partial charge in [0.2, 0.25) is 5.78 Å². The molecule has 4 heteroatoms. The fourth-order valence-electron chi connectivity index (χ4n) is 1.61. The lowest BCUT2D eigenvalue weighted by atomic mass is 10.1. The van der Waals surface area contributed by atoms with Crippen LogP contribution in [-0.2, 0) is 0 Å². The number of rotatable bonds is 5. The number of methoxy groups -OCH3 is 1. The Bertz CT molecular complexity index is 554. The van der Waals surface area contributed by atoms with Crippen LogP contribution in [0, 0.1) is 0 Å². The summed E-state index contributed by atoms with van der Waals surface area (Å²) in [6, 6.07) is 14.8. The zero-order valence-corrected chi connectivity index (χ0v) is 10.4. The third-order valence-electron chi connectivity index (χ3n) is 2.56. The summed E-state index contributed by atoms with van der Waals surface area (Å²) in [5.74, 6) is -0.140. The summed E-state index contributed by atoms with van der Waals surface area (Å²) in [5, 5.41) is 0. The number of halogens is 1. The van der Waals surface area contributed by atoms with Crippen molar-refractivity contribution in [3.63, 3.8) is 0 Å². The van der Waals surface area contributed by atoms with E-state index in [4.69, 9.17) is 9.47 Å². The highest BCUT2D eigenvalue weighted by molar-refractivity contribution is 5.98. The van der Waals surface area contributed by atoms with Crippen LogP contribution in [0.2, 0.25) is 0 Å². The Labute approximate surface area is 110 Å². The molecule has 2 aromatic carbocycles. The lowest BCUT2D eigenvalue weighted by molar-refractivity contribution is 0.0440. The van der Waals surface area contributed by atoms with Gasteiger partial charge in [-0.15, -0.1) is 0 Å². The molecule has 19 heavy (non-hydrogen) atoms. The molecular weight excluding hydrogens is 247 g/mol. The van der Waals surface area contributed by atoms with Gasteiger partial charge in [0, 0.05) is 5.56 Å². The standard InChI is InChI=1S/C15H13FO3/c1-18-12-9-5-6-10-13(12)19-15(16)14(17)11-7-3-2-4-8-11/h2-10,15H,1H3. The Kier molecular flexibility index (Phi) is 4.13. The predicted molar refractivity (Wildman–Crippen MR) is 69.3 cm³/mol. The van der Waals surface area contributed by atoms with Gasteiger partial charge in [0.15, 0.2) is 11.5 Å². The molecule has 0 aliphatic carbocycles. The minimum absolute atomic E-state index is 0.196. The van der Waals surface area contributed by atoms with Crippen LogP contribution in [0.1, 0.15) is 10.4 Å². The molecule has 2 rings (SSSR count). The normalized spacial score (nSPS) is 11.7. The topological polar surface area (TPSA) is 35.5 Å². The second kappa shape index (κ2) is 6.00. The highest BCUT2D eigenvalue weighted by atomic mass is 19.1. The zero-order valence-electron chi connectivity index (χ0n) is 10.4. The highest BCUT2D eigenvalue weighted by Gasteiger charge is 2.21. The van der Waals surface area contributed by atoms with E-state index in [1.165, 1.54) is 7.11 Å². The van der Waals surface area contributed by atoms with E-state index in [0.717, 1.165) is 0 Å². The van der Waals surface area contributed by atoms with E-state index in [2.05, 4.69) is 0 Å². The minimum atomic E-state index is -2.06. The van der Waals surface area contributed by atoms with Gasteiger partial charge in [0.25, 0.3) is 0 Å². The number of ketones is 1. The van der Waals surface area contributed by atoms with Gasteiger partial charge >= 0.3 is 6.36 Å². The summed E-state index contributed by atoms with van der Waals surface area (Å²) in [7, 11) is 1.45. The molecule has 0 fully saturated rings. The largest absolute Gasteiger partial charge is 0.493 e. The second-order valence-electron chi connectivity index (χ2n) is 3.82. The number of carbonyl (C=O) groups excluding carboxylic acids is 1. The molecule has 0 heterocycles. The first-order valence-electron chi connectivity index (χ1n) is 5.75. The van der Waals surface area contributed by atoms with Gasteiger partial charge < -0.3 is 9.47 Å². The third kappa shape index (κ3) is 3.10. The van der Waals surface area contributed by atoms with Crippen molar-refractivity contribution in [1.29, 1.82) is 0 Å². The first kappa shape index (κ1) is 13.1. The van der Waals surface area contributed by atoms with Crippen LogP contribution in [0.3, 0.4) is 0 Å². The van der Waals surface area contributed by atoms with Crippen molar-refractivity contribution in [2.75, 3.05) is 7.11 Å². The Balaban J connectivity index is 2.13. The highest BCUT2D eigenvalue weighted by Crippen LogP contribution is 2.27. The van der Waals surface area contributed by atoms with Gasteiger partial charge in [0.1, 0.15) is 0 Å². The Hall–Kier alpha value is -2.36. The molecule has 0 saturated carbocycles. The fraction of sp³-hybridized carbons (Fsp3) is 0.133. The van der Waals surface area contributed by atoms with Crippen molar-refractivity contribution < 1.29 is 18.7 Å². The van der Waals surface area contributed by atoms with Gasteiger partial charge in [-0.05, 0) is 12.1 Å². The van der Waals surface area contributed by atoms with Gasteiger partial charge in [-0.3, -0.25) is 4.79 Å². The van der Waals surface area contributed by atoms with Gasteiger partial charge in [-0.25, -0.2) is 0 Å². The van der Waals surface area contributed by atoms with Crippen molar-refractivity contribution in [2.45, 2.75) is 6.36 Å². The van der Waals surface area contributed by atoms with Crippen LogP contribution in [-0.4, -0.2) is 19.3 Å². The second-order valence-corrected chi connectivity index (χ2v) is 3.82. The Morgan fingerprint density at radius 1 is 1.00 bits per heavy atom. The molecule has 2 aromatic rings. The number of para-hydroxylation sites is 2. The van der Waals surface area contributed by atoms with Crippen LogP contribution in [0.25, 0.3) is 0 Å². The molecular formula is C15H13FO3. The van der Waals surface area contributed by atoms with Crippen molar-refractivity contribution in [3.8, 4) is 11.5 Å². The Morgan fingerprint density at radius 2 is 1.58 bits per heavy atom. The van der Waals surface area contributed by atoms with E-state index in [9.17, 15) is 9.18 Å². The molecule has 0 aliphatic heterocycles. The molecule has 0 amide bonds. The van der Waals surface area contributed by atoms with Crippen LogP contribution in [0.5, 0.6) is 11.5 Å². The lowest BCUT2D eigenvalue weighted by Gasteiger charge is -2.13. The summed E-state index contributed by atoms with van der Waals surface area (Å²) in [6.45, 7) is 0. The molecule has 0 saturated heterocycles. The summed E-state index contributed by atoms with van der Waals surface area (Å²) >= 11 is 0. The van der Waals surface area contributed by atoms with Crippen molar-refractivity contribution in [2.24, 2.45) is 0 Å². The predicted octanol–water partition coefficient (Wildman–Crippen LogP) is 3.25. The molecule has 0 radical (unpaired) electrons. The number of benzene rings is 2. The molecule has 0 spiro atoms. The first-order valence-corrected chi connectivity index (χ1v) is 5.75. The van der Waals surface area contributed by atoms with E-state index in [1.807, 2.05) is 0 Å². The van der Waals surface area contributed by atoms with Crippen molar-refractivity contribution in [1.82, 2.24) is 0 Å². The van der Waals surface area contributed by atoms with E-state index in [0.29, 0.717) is 5.75 Å². The molecule has 0 bridgehead atoms. The summed E-state index contributed by atoms with van der Waals surface area (Å²) in [6.07, 6.45) is -2.06. The van der Waals surface area contributed by atoms with Crippen molar-refractivity contribution in [3.05, 3.63) is 60.2 Å². The van der Waals surface area contributed by atoms with Gasteiger partial charge in [-0.1, -0.05) is 42.5 Å². The van der Waals surface area contributed by atoms with E-state index in [-0.39, 0.29) is 11.3 Å². The smallest absolute Gasteiger partial charge is 0.301 e. The SMILES string of the molecule is COc1ccccc1OC(F)C(=O)c1ccccc1. The lowest BCUT2D eigenvalue weighted by Crippen LogP contribution is -2.22. The van der Waals surface area contributed by atoms with E-state index >= 15 is 0 Å². The number of hydrogen-bond acceptors (Lipinski definition) is 3. The molecule has 3 nitrogen and oxygen atoms in total. The maximum atomic E-state index is 13.9. The molecule has 1 atom stereocenters. The quantitative estimate of drug-likeness (QED) is 0.774. The monoisotopic (exact) mass is 260 g/mol. The summed E-state index contributed by atoms with van der Waals surface area (Å²) in [5.41, 5.74) is 0.268. The Morgan fingerprint density at radius 3 is 2.21 bits per heavy atom. The zero-order chi connectivity index (χ0) is 13.7. The summed E-state index contributed by atoms with van der Waals surface area (Å²) < 4.78 is 23.9. The molecule has 0 aliphatic rings. The number of alkyl halides is 1. The number of ether oxygens (including phenoxy) is 2. The average molecular weight is 260 g/mol. The van der Waals surface area contributed by atoms with E-state index in [1.54, 1.807) is 54.6 Å². The van der Waals surface area contributed by atoms with Crippen LogP contribution in [0.15, 0.2) is 54.6 Å². The molecule has 98 valence electrons. The summed E-state index contributed by atoms with van der Waals surface area (Å²) in [4.78, 5) is 11.8. The first-order chi connectivity index (χ1) is 9.22. The number of carbonyl (C=O) groups is 1. The minimum Gasteiger partial charge on any atom is -0.493 e. The number of Topliss-reactive ketones (excluding diaryl/α,β-unsaturated/α-hetero) is 1. The van der Waals surface area contributed by atoms with Gasteiger partial charge in [0.05, 0.1) is 7.11 Å². The van der Waals surface area contributed by atoms with E-state index < -0.39 is 12.1 Å². The van der Waals surface area contributed by atoms with Crippen LogP contribution < -0.4 is 9.47 Å². The average Bonchev–Trinajstić information content (AvgIpc) is 2.48.